The Morgan fingerprint density at radius 3 is 2.33 bits per heavy atom. The largest absolute Gasteiger partial charge is 0.444 e. The average molecular weight is 387 g/mol. The minimum absolute atomic E-state index is 0.252. The number of amides is 2. The molecule has 2 aromatic carbocycles. The van der Waals surface area contributed by atoms with E-state index < -0.39 is 17.7 Å². The van der Waals surface area contributed by atoms with Gasteiger partial charge < -0.3 is 10.1 Å². The van der Waals surface area contributed by atoms with Gasteiger partial charge in [-0.25, -0.2) is 4.79 Å². The van der Waals surface area contributed by atoms with E-state index in [1.165, 1.54) is 4.90 Å². The molecule has 0 aliphatic carbocycles. The highest BCUT2D eigenvalue weighted by Gasteiger charge is 2.36. The number of benzene rings is 2. The maximum Gasteiger partial charge on any atom is 0.411 e. The molecule has 6 heteroatoms. The molecule has 0 aromatic heterocycles. The molecule has 1 heterocycles. The van der Waals surface area contributed by atoms with Gasteiger partial charge in [-0.15, -0.1) is 0 Å². The Bertz CT molecular complexity index is 843. The summed E-state index contributed by atoms with van der Waals surface area (Å²) in [6, 6.07) is 14.1. The molecular formula is C21H23ClN2O3. The molecule has 1 aliphatic rings. The van der Waals surface area contributed by atoms with Crippen LogP contribution in [0, 0.1) is 0 Å². The van der Waals surface area contributed by atoms with Gasteiger partial charge in [0, 0.05) is 17.1 Å². The summed E-state index contributed by atoms with van der Waals surface area (Å²) in [6.45, 7) is 5.77. The lowest BCUT2D eigenvalue weighted by atomic mass is 9.93. The summed E-state index contributed by atoms with van der Waals surface area (Å²) in [5.74, 6) is -0.252. The quantitative estimate of drug-likeness (QED) is 0.817. The third-order valence-corrected chi connectivity index (χ3v) is 4.54. The molecule has 0 spiro atoms. The molecule has 1 atom stereocenters. The van der Waals surface area contributed by atoms with Crippen LogP contribution in [-0.2, 0) is 22.5 Å². The predicted octanol–water partition coefficient (Wildman–Crippen LogP) is 4.64. The van der Waals surface area contributed by atoms with Crippen LogP contribution in [0.4, 0.5) is 10.5 Å². The van der Waals surface area contributed by atoms with Crippen LogP contribution in [0.15, 0.2) is 48.5 Å². The first-order valence-electron chi connectivity index (χ1n) is 8.86. The van der Waals surface area contributed by atoms with E-state index in [2.05, 4.69) is 5.32 Å². The van der Waals surface area contributed by atoms with Gasteiger partial charge in [0.15, 0.2) is 0 Å². The van der Waals surface area contributed by atoms with Crippen molar-refractivity contribution >= 4 is 29.3 Å². The van der Waals surface area contributed by atoms with Gasteiger partial charge in [-0.3, -0.25) is 9.69 Å². The molecular weight excluding hydrogens is 364 g/mol. The van der Waals surface area contributed by atoms with Crippen molar-refractivity contribution in [3.05, 3.63) is 64.7 Å². The van der Waals surface area contributed by atoms with Crippen molar-refractivity contribution in [2.75, 3.05) is 5.32 Å². The van der Waals surface area contributed by atoms with Gasteiger partial charge in [-0.1, -0.05) is 35.9 Å². The van der Waals surface area contributed by atoms with Gasteiger partial charge in [-0.2, -0.15) is 0 Å². The predicted molar refractivity (Wildman–Crippen MR) is 106 cm³/mol. The van der Waals surface area contributed by atoms with Gasteiger partial charge in [0.1, 0.15) is 11.6 Å². The Morgan fingerprint density at radius 2 is 1.70 bits per heavy atom. The second-order valence-electron chi connectivity index (χ2n) is 7.59. The fourth-order valence-corrected chi connectivity index (χ4v) is 3.15. The van der Waals surface area contributed by atoms with E-state index in [-0.39, 0.29) is 5.91 Å². The van der Waals surface area contributed by atoms with E-state index in [4.69, 9.17) is 16.3 Å². The normalized spacial score (nSPS) is 16.4. The Labute approximate surface area is 164 Å². The van der Waals surface area contributed by atoms with Crippen LogP contribution in [0.25, 0.3) is 0 Å². The summed E-state index contributed by atoms with van der Waals surface area (Å²) in [6.07, 6.45) is -0.0530. The monoisotopic (exact) mass is 386 g/mol. The highest BCUT2D eigenvalue weighted by molar-refractivity contribution is 6.30. The van der Waals surface area contributed by atoms with Crippen molar-refractivity contribution in [2.24, 2.45) is 0 Å². The minimum atomic E-state index is -0.648. The molecule has 142 valence electrons. The fraction of sp³-hybridized carbons (Fsp3) is 0.333. The third-order valence-electron chi connectivity index (χ3n) is 4.29. The first kappa shape index (κ1) is 19.2. The van der Waals surface area contributed by atoms with Gasteiger partial charge in [0.25, 0.3) is 0 Å². The zero-order valence-corrected chi connectivity index (χ0v) is 16.4. The molecule has 0 bridgehead atoms. The molecule has 0 radical (unpaired) electrons. The lowest BCUT2D eigenvalue weighted by molar-refractivity contribution is -0.121. The highest BCUT2D eigenvalue weighted by Crippen LogP contribution is 2.26. The van der Waals surface area contributed by atoms with Crippen molar-refractivity contribution in [1.29, 1.82) is 0 Å². The van der Waals surface area contributed by atoms with Crippen molar-refractivity contribution < 1.29 is 14.3 Å². The third kappa shape index (κ3) is 4.80. The molecule has 0 saturated heterocycles. The Kier molecular flexibility index (Phi) is 5.42. The molecule has 27 heavy (non-hydrogen) atoms. The SMILES string of the molecule is CC(C)(C)OC(=O)N1Cc2ccccc2C[C@@H]1C(=O)Nc1ccc(Cl)cc1. The van der Waals surface area contributed by atoms with Gasteiger partial charge >= 0.3 is 6.09 Å². The van der Waals surface area contributed by atoms with E-state index >= 15 is 0 Å². The van der Waals surface area contributed by atoms with E-state index in [9.17, 15) is 9.59 Å². The number of halogens is 1. The van der Waals surface area contributed by atoms with Gasteiger partial charge in [-0.05, 0) is 56.2 Å². The molecule has 0 unspecified atom stereocenters. The van der Waals surface area contributed by atoms with Crippen LogP contribution < -0.4 is 5.32 Å². The van der Waals surface area contributed by atoms with Crippen LogP contribution in [0.2, 0.25) is 5.02 Å². The van der Waals surface area contributed by atoms with Crippen LogP contribution in [0.3, 0.4) is 0 Å². The van der Waals surface area contributed by atoms with E-state index in [1.807, 2.05) is 45.0 Å². The van der Waals surface area contributed by atoms with Gasteiger partial charge in [0.2, 0.25) is 5.91 Å². The van der Waals surface area contributed by atoms with Gasteiger partial charge in [0.05, 0.1) is 6.54 Å². The number of hydrogen-bond donors (Lipinski definition) is 1. The van der Waals surface area contributed by atoms with E-state index in [1.54, 1.807) is 24.3 Å². The molecule has 0 fully saturated rings. The number of hydrogen-bond acceptors (Lipinski definition) is 3. The molecule has 0 saturated carbocycles. The zero-order valence-electron chi connectivity index (χ0n) is 15.7. The minimum Gasteiger partial charge on any atom is -0.444 e. The number of nitrogens with zero attached hydrogens (tertiary/aromatic N) is 1. The fourth-order valence-electron chi connectivity index (χ4n) is 3.03. The zero-order chi connectivity index (χ0) is 19.6. The second kappa shape index (κ2) is 7.61. The Morgan fingerprint density at radius 1 is 1.07 bits per heavy atom. The van der Waals surface area contributed by atoms with Crippen LogP contribution in [0.1, 0.15) is 31.9 Å². The molecule has 1 N–H and O–H groups in total. The van der Waals surface area contributed by atoms with E-state index in [0.717, 1.165) is 11.1 Å². The Balaban J connectivity index is 1.85. The first-order chi connectivity index (χ1) is 12.7. The first-order valence-corrected chi connectivity index (χ1v) is 9.23. The van der Waals surface area contributed by atoms with E-state index in [0.29, 0.717) is 23.7 Å². The maximum absolute atomic E-state index is 12.9. The lowest BCUT2D eigenvalue weighted by Crippen LogP contribution is -2.52. The molecule has 2 aromatic rings. The summed E-state index contributed by atoms with van der Waals surface area (Å²) in [4.78, 5) is 27.2. The van der Waals surface area contributed by atoms with Crippen molar-refractivity contribution in [3.63, 3.8) is 0 Å². The topological polar surface area (TPSA) is 58.6 Å². The number of anilines is 1. The van der Waals surface area contributed by atoms with Crippen molar-refractivity contribution in [2.45, 2.75) is 45.4 Å². The summed E-state index contributed by atoms with van der Waals surface area (Å²) in [7, 11) is 0. The number of nitrogens with one attached hydrogen (secondary N) is 1. The molecule has 2 amide bonds. The number of rotatable bonds is 2. The summed E-state index contributed by atoms with van der Waals surface area (Å²) in [5, 5.41) is 3.46. The summed E-state index contributed by atoms with van der Waals surface area (Å²) in [5.41, 5.74) is 2.09. The summed E-state index contributed by atoms with van der Waals surface area (Å²) < 4.78 is 5.53. The summed E-state index contributed by atoms with van der Waals surface area (Å²) >= 11 is 5.90. The Hall–Kier alpha value is -2.53. The molecule has 3 rings (SSSR count). The van der Waals surface area contributed by atoms with Crippen LogP contribution in [0.5, 0.6) is 0 Å². The van der Waals surface area contributed by atoms with Crippen molar-refractivity contribution in [3.8, 4) is 0 Å². The smallest absolute Gasteiger partial charge is 0.411 e. The standard InChI is InChI=1S/C21H23ClN2O3/c1-21(2,3)27-20(26)24-13-15-7-5-4-6-14(15)12-18(24)19(25)23-17-10-8-16(22)9-11-17/h4-11,18H,12-13H2,1-3H3,(H,23,25)/t18-/m1/s1. The van der Waals surface area contributed by atoms with Crippen LogP contribution >= 0.6 is 11.6 Å². The number of fused-ring (bicyclic) bond motifs is 1. The number of carbonyl (C=O) groups excluding carboxylic acids is 2. The van der Waals surface area contributed by atoms with Crippen molar-refractivity contribution in [1.82, 2.24) is 4.90 Å². The number of carbonyl (C=O) groups is 2. The average Bonchev–Trinajstić information content (AvgIpc) is 2.61. The second-order valence-corrected chi connectivity index (χ2v) is 8.03. The highest BCUT2D eigenvalue weighted by atomic mass is 35.5. The number of ether oxygens (including phenoxy) is 1. The maximum atomic E-state index is 12.9. The van der Waals surface area contributed by atoms with Crippen LogP contribution in [-0.4, -0.2) is 28.5 Å². The molecule has 5 nitrogen and oxygen atoms in total. The molecule has 1 aliphatic heterocycles. The lowest BCUT2D eigenvalue weighted by Gasteiger charge is -2.36.